The van der Waals surface area contributed by atoms with Crippen LogP contribution >= 0.6 is 0 Å². The van der Waals surface area contributed by atoms with Gasteiger partial charge in [-0.3, -0.25) is 9.67 Å². The van der Waals surface area contributed by atoms with Crippen LogP contribution in [0, 0.1) is 0 Å². The van der Waals surface area contributed by atoms with Crippen LogP contribution in [0.1, 0.15) is 20.3 Å². The Balaban J connectivity index is 2.00. The molecular formula is C19H24N8O. The van der Waals surface area contributed by atoms with Gasteiger partial charge in [-0.1, -0.05) is 6.92 Å². The molecule has 0 bridgehead atoms. The molecule has 3 N–H and O–H groups in total. The van der Waals surface area contributed by atoms with Gasteiger partial charge in [0.1, 0.15) is 11.3 Å². The van der Waals surface area contributed by atoms with Crippen molar-refractivity contribution in [3.63, 3.8) is 0 Å². The van der Waals surface area contributed by atoms with Crippen LogP contribution in [0.4, 0.5) is 5.82 Å². The highest BCUT2D eigenvalue weighted by Gasteiger charge is 2.19. The van der Waals surface area contributed by atoms with E-state index in [0.717, 1.165) is 36.2 Å². The van der Waals surface area contributed by atoms with Crippen LogP contribution in [-0.4, -0.2) is 48.9 Å². The lowest BCUT2D eigenvalue weighted by molar-refractivity contribution is 0.677. The molecule has 0 aliphatic heterocycles. The molecule has 4 aromatic rings. The van der Waals surface area contributed by atoms with Crippen molar-refractivity contribution in [1.29, 1.82) is 0 Å². The highest BCUT2D eigenvalue weighted by atomic mass is 16.1. The molecule has 0 radical (unpaired) electrons. The zero-order valence-corrected chi connectivity index (χ0v) is 16.1. The van der Waals surface area contributed by atoms with Crippen molar-refractivity contribution in [3.05, 3.63) is 41.1 Å². The van der Waals surface area contributed by atoms with E-state index in [1.54, 1.807) is 16.8 Å². The first-order chi connectivity index (χ1) is 13.7. The van der Waals surface area contributed by atoms with E-state index >= 15 is 0 Å². The smallest absolute Gasteiger partial charge is 0.333 e. The van der Waals surface area contributed by atoms with Crippen molar-refractivity contribution in [1.82, 2.24) is 29.3 Å². The van der Waals surface area contributed by atoms with Crippen LogP contribution in [0.3, 0.4) is 0 Å². The molecule has 0 atom stereocenters. The molecule has 0 fully saturated rings. The van der Waals surface area contributed by atoms with Crippen LogP contribution in [0.5, 0.6) is 0 Å². The van der Waals surface area contributed by atoms with E-state index in [4.69, 9.17) is 10.7 Å². The van der Waals surface area contributed by atoms with E-state index in [2.05, 4.69) is 26.9 Å². The minimum atomic E-state index is -0.268. The Morgan fingerprint density at radius 2 is 2.14 bits per heavy atom. The van der Waals surface area contributed by atoms with Gasteiger partial charge in [0.05, 0.1) is 11.7 Å². The fourth-order valence-electron chi connectivity index (χ4n) is 3.57. The van der Waals surface area contributed by atoms with Gasteiger partial charge in [0.25, 0.3) is 0 Å². The second-order valence-electron chi connectivity index (χ2n) is 6.61. The number of pyridine rings is 2. The van der Waals surface area contributed by atoms with Gasteiger partial charge in [-0.15, -0.1) is 0 Å². The lowest BCUT2D eigenvalue weighted by Gasteiger charge is -2.24. The second-order valence-corrected chi connectivity index (χ2v) is 6.61. The number of nitrogens with one attached hydrogen (secondary N) is 1. The number of aromatic nitrogens is 6. The largest absolute Gasteiger partial charge is 0.353 e. The summed E-state index contributed by atoms with van der Waals surface area (Å²) in [5.41, 5.74) is 7.77. The number of nitrogens with zero attached hydrogens (tertiary/aromatic N) is 6. The fraction of sp³-hybridized carbons (Fsp3) is 0.368. The number of hydrogen-bond donors (Lipinski definition) is 2. The molecule has 0 amide bonds. The molecule has 28 heavy (non-hydrogen) atoms. The van der Waals surface area contributed by atoms with E-state index in [-0.39, 0.29) is 5.69 Å². The normalized spacial score (nSPS) is 11.5. The Morgan fingerprint density at radius 1 is 1.29 bits per heavy atom. The van der Waals surface area contributed by atoms with Crippen molar-refractivity contribution in [2.75, 3.05) is 24.5 Å². The van der Waals surface area contributed by atoms with E-state index in [1.807, 2.05) is 29.9 Å². The van der Waals surface area contributed by atoms with Crippen molar-refractivity contribution in [2.45, 2.75) is 26.8 Å². The first-order valence-corrected chi connectivity index (χ1v) is 9.55. The SMILES string of the molecule is CCCN(CCN)c1nc(-n2c(=O)[nH]c3ncccc32)cc2cnn(CC)c12. The Labute approximate surface area is 161 Å². The van der Waals surface area contributed by atoms with Crippen molar-refractivity contribution < 1.29 is 0 Å². The number of fused-ring (bicyclic) bond motifs is 2. The molecular weight excluding hydrogens is 356 g/mol. The van der Waals surface area contributed by atoms with Crippen LogP contribution in [0.25, 0.3) is 27.9 Å². The summed E-state index contributed by atoms with van der Waals surface area (Å²) in [4.78, 5) is 26.7. The number of nitrogens with two attached hydrogens (primary N) is 1. The monoisotopic (exact) mass is 380 g/mol. The maximum atomic E-state index is 12.6. The van der Waals surface area contributed by atoms with Crippen LogP contribution in [-0.2, 0) is 6.54 Å². The summed E-state index contributed by atoms with van der Waals surface area (Å²) in [7, 11) is 0. The Hall–Kier alpha value is -3.20. The number of anilines is 1. The summed E-state index contributed by atoms with van der Waals surface area (Å²) >= 11 is 0. The third-order valence-corrected chi connectivity index (χ3v) is 4.76. The van der Waals surface area contributed by atoms with Gasteiger partial charge in [-0.25, -0.2) is 19.3 Å². The molecule has 0 saturated carbocycles. The van der Waals surface area contributed by atoms with Gasteiger partial charge in [0.15, 0.2) is 11.5 Å². The zero-order chi connectivity index (χ0) is 19.7. The number of imidazole rings is 1. The van der Waals surface area contributed by atoms with Crippen LogP contribution in [0.15, 0.2) is 35.4 Å². The number of aryl methyl sites for hydroxylation is 1. The Morgan fingerprint density at radius 3 is 2.89 bits per heavy atom. The molecule has 146 valence electrons. The molecule has 9 nitrogen and oxygen atoms in total. The lowest BCUT2D eigenvalue weighted by Crippen LogP contribution is -2.32. The first-order valence-electron chi connectivity index (χ1n) is 9.55. The summed E-state index contributed by atoms with van der Waals surface area (Å²) in [6.45, 7) is 6.92. The number of hydrogen-bond acceptors (Lipinski definition) is 6. The minimum Gasteiger partial charge on any atom is -0.353 e. The molecule has 0 aliphatic rings. The number of H-pyrrole nitrogens is 1. The number of rotatable bonds is 7. The summed E-state index contributed by atoms with van der Waals surface area (Å²) in [6, 6.07) is 5.55. The maximum absolute atomic E-state index is 12.6. The first kappa shape index (κ1) is 18.2. The topological polar surface area (TPSA) is 111 Å². The molecule has 4 heterocycles. The molecule has 0 aromatic carbocycles. The average Bonchev–Trinajstić information content (AvgIpc) is 3.26. The van der Waals surface area contributed by atoms with Crippen molar-refractivity contribution >= 4 is 27.9 Å². The van der Waals surface area contributed by atoms with Crippen LogP contribution in [0.2, 0.25) is 0 Å². The van der Waals surface area contributed by atoms with Crippen molar-refractivity contribution in [3.8, 4) is 5.82 Å². The Bertz CT molecular complexity index is 1170. The second kappa shape index (κ2) is 7.43. The highest BCUT2D eigenvalue weighted by Crippen LogP contribution is 2.28. The standard InChI is InChI=1S/C19H24N8O/c1-3-9-25(10-7-20)18-16-13(12-22-26(16)4-2)11-15(23-18)27-14-6-5-8-21-17(14)24-19(27)28/h5-6,8,11-12H,3-4,7,9-10,20H2,1-2H3,(H,21,24,28). The molecule has 0 unspecified atom stereocenters. The van der Waals surface area contributed by atoms with Gasteiger partial charge in [0.2, 0.25) is 0 Å². The van der Waals surface area contributed by atoms with E-state index < -0.39 is 0 Å². The summed E-state index contributed by atoms with van der Waals surface area (Å²) < 4.78 is 3.49. The molecule has 4 rings (SSSR count). The highest BCUT2D eigenvalue weighted by molar-refractivity contribution is 5.91. The molecule has 0 spiro atoms. The predicted octanol–water partition coefficient (Wildman–Crippen LogP) is 1.65. The maximum Gasteiger partial charge on any atom is 0.333 e. The minimum absolute atomic E-state index is 0.268. The van der Waals surface area contributed by atoms with E-state index in [1.165, 1.54) is 0 Å². The number of aromatic amines is 1. The Kier molecular flexibility index (Phi) is 4.82. The molecule has 4 aromatic heterocycles. The third kappa shape index (κ3) is 2.93. The predicted molar refractivity (Wildman–Crippen MR) is 110 cm³/mol. The van der Waals surface area contributed by atoms with Gasteiger partial charge >= 0.3 is 5.69 Å². The van der Waals surface area contributed by atoms with E-state index in [9.17, 15) is 4.79 Å². The summed E-state index contributed by atoms with van der Waals surface area (Å²) in [6.07, 6.45) is 4.43. The average molecular weight is 380 g/mol. The molecule has 9 heteroatoms. The van der Waals surface area contributed by atoms with Gasteiger partial charge in [0, 0.05) is 37.8 Å². The summed E-state index contributed by atoms with van der Waals surface area (Å²) in [5.74, 6) is 1.34. The van der Waals surface area contributed by atoms with Gasteiger partial charge < -0.3 is 10.6 Å². The molecule has 0 saturated heterocycles. The van der Waals surface area contributed by atoms with Gasteiger partial charge in [-0.05, 0) is 31.5 Å². The van der Waals surface area contributed by atoms with E-state index in [0.29, 0.717) is 30.1 Å². The third-order valence-electron chi connectivity index (χ3n) is 4.76. The summed E-state index contributed by atoms with van der Waals surface area (Å²) in [5, 5.41) is 5.43. The zero-order valence-electron chi connectivity index (χ0n) is 16.1. The molecule has 0 aliphatic carbocycles. The van der Waals surface area contributed by atoms with Crippen LogP contribution < -0.4 is 16.3 Å². The lowest BCUT2D eigenvalue weighted by atomic mass is 10.2. The quantitative estimate of drug-likeness (QED) is 0.504. The van der Waals surface area contributed by atoms with Crippen molar-refractivity contribution in [2.24, 2.45) is 5.73 Å². The van der Waals surface area contributed by atoms with Gasteiger partial charge in [-0.2, -0.15) is 5.10 Å². The fourth-order valence-corrected chi connectivity index (χ4v) is 3.57.